The predicted octanol–water partition coefficient (Wildman–Crippen LogP) is 1.68. The Hall–Kier alpha value is -1.09. The molecule has 1 aliphatic rings. The summed E-state index contributed by atoms with van der Waals surface area (Å²) in [6, 6.07) is 3.83. The van der Waals surface area contributed by atoms with Crippen molar-refractivity contribution in [3.63, 3.8) is 0 Å². The fourth-order valence-corrected chi connectivity index (χ4v) is 2.20. The summed E-state index contributed by atoms with van der Waals surface area (Å²) in [7, 11) is 0. The Bertz CT molecular complexity index is 314. The molecular weight excluding hydrogens is 176 g/mol. The first-order valence-corrected chi connectivity index (χ1v) is 5.17. The van der Waals surface area contributed by atoms with E-state index in [9.17, 15) is 5.11 Å². The Labute approximate surface area is 84.0 Å². The van der Waals surface area contributed by atoms with Gasteiger partial charge in [0.25, 0.3) is 0 Å². The zero-order valence-corrected chi connectivity index (χ0v) is 8.19. The number of nitrogen functional groups attached to an aromatic ring is 1. The first-order chi connectivity index (χ1) is 6.77. The Kier molecular flexibility index (Phi) is 2.68. The molecule has 0 saturated heterocycles. The second-order valence-electron chi connectivity index (χ2n) is 3.97. The summed E-state index contributed by atoms with van der Waals surface area (Å²) in [5, 5.41) is 9.85. The van der Waals surface area contributed by atoms with Crippen LogP contribution in [-0.2, 0) is 0 Å². The van der Waals surface area contributed by atoms with E-state index in [0.717, 1.165) is 24.8 Å². The van der Waals surface area contributed by atoms with E-state index in [0.29, 0.717) is 5.82 Å². The second kappa shape index (κ2) is 3.96. The minimum Gasteiger partial charge on any atom is -0.392 e. The molecule has 3 nitrogen and oxygen atoms in total. The van der Waals surface area contributed by atoms with E-state index in [1.54, 1.807) is 6.20 Å². The number of hydrogen-bond donors (Lipinski definition) is 2. The molecule has 14 heavy (non-hydrogen) atoms. The summed E-state index contributed by atoms with van der Waals surface area (Å²) in [6.07, 6.45) is 5.82. The number of aromatic nitrogens is 1. The molecule has 3 N–H and O–H groups in total. The molecule has 1 heterocycles. The molecule has 2 atom stereocenters. The zero-order valence-electron chi connectivity index (χ0n) is 8.19. The summed E-state index contributed by atoms with van der Waals surface area (Å²) in [6.45, 7) is 0. The van der Waals surface area contributed by atoms with Crippen molar-refractivity contribution in [2.24, 2.45) is 0 Å². The van der Waals surface area contributed by atoms with Crippen LogP contribution in [0.5, 0.6) is 0 Å². The largest absolute Gasteiger partial charge is 0.392 e. The van der Waals surface area contributed by atoms with Crippen molar-refractivity contribution in [1.29, 1.82) is 0 Å². The lowest BCUT2D eigenvalue weighted by Crippen LogP contribution is -2.22. The SMILES string of the molecule is Nc1cc([C@H]2CCCCC2O)ccn1. The number of nitrogens with two attached hydrogens (primary N) is 1. The minimum absolute atomic E-state index is 0.203. The van der Waals surface area contributed by atoms with Crippen LogP contribution in [0.3, 0.4) is 0 Å². The number of rotatable bonds is 1. The average Bonchev–Trinajstić information content (AvgIpc) is 2.18. The van der Waals surface area contributed by atoms with Gasteiger partial charge in [-0.05, 0) is 30.5 Å². The van der Waals surface area contributed by atoms with Crippen LogP contribution < -0.4 is 5.73 Å². The van der Waals surface area contributed by atoms with Crippen LogP contribution in [-0.4, -0.2) is 16.2 Å². The zero-order chi connectivity index (χ0) is 9.97. The first kappa shape index (κ1) is 9.46. The van der Waals surface area contributed by atoms with Gasteiger partial charge in [0.1, 0.15) is 5.82 Å². The van der Waals surface area contributed by atoms with Crippen LogP contribution in [0, 0.1) is 0 Å². The second-order valence-corrected chi connectivity index (χ2v) is 3.97. The third-order valence-corrected chi connectivity index (χ3v) is 2.96. The van der Waals surface area contributed by atoms with Crippen molar-refractivity contribution in [1.82, 2.24) is 4.98 Å². The highest BCUT2D eigenvalue weighted by Crippen LogP contribution is 2.33. The van der Waals surface area contributed by atoms with Gasteiger partial charge in [0.05, 0.1) is 6.10 Å². The van der Waals surface area contributed by atoms with Gasteiger partial charge in [-0.25, -0.2) is 4.98 Å². The summed E-state index contributed by atoms with van der Waals surface area (Å²) in [5.74, 6) is 0.800. The molecule has 1 fully saturated rings. The molecule has 3 heteroatoms. The fraction of sp³-hybridized carbons (Fsp3) is 0.545. The Morgan fingerprint density at radius 3 is 2.86 bits per heavy atom. The maximum atomic E-state index is 9.85. The lowest BCUT2D eigenvalue weighted by atomic mass is 9.82. The smallest absolute Gasteiger partial charge is 0.123 e. The van der Waals surface area contributed by atoms with Gasteiger partial charge in [-0.1, -0.05) is 12.8 Å². The first-order valence-electron chi connectivity index (χ1n) is 5.17. The van der Waals surface area contributed by atoms with Gasteiger partial charge in [0, 0.05) is 12.1 Å². The summed E-state index contributed by atoms with van der Waals surface area (Å²) in [5.41, 5.74) is 6.75. The number of aliphatic hydroxyl groups excluding tert-OH is 1. The Morgan fingerprint density at radius 2 is 2.14 bits per heavy atom. The van der Waals surface area contributed by atoms with Crippen LogP contribution in [0.2, 0.25) is 0 Å². The van der Waals surface area contributed by atoms with E-state index in [1.165, 1.54) is 6.42 Å². The van der Waals surface area contributed by atoms with E-state index >= 15 is 0 Å². The molecule has 1 aromatic rings. The highest BCUT2D eigenvalue weighted by atomic mass is 16.3. The molecule has 0 bridgehead atoms. The molecule has 1 saturated carbocycles. The lowest BCUT2D eigenvalue weighted by molar-refractivity contribution is 0.106. The van der Waals surface area contributed by atoms with Gasteiger partial charge in [-0.2, -0.15) is 0 Å². The van der Waals surface area contributed by atoms with E-state index < -0.39 is 0 Å². The number of hydrogen-bond acceptors (Lipinski definition) is 3. The van der Waals surface area contributed by atoms with Crippen molar-refractivity contribution in [2.75, 3.05) is 5.73 Å². The average molecular weight is 192 g/mol. The normalized spacial score (nSPS) is 27.5. The van der Waals surface area contributed by atoms with Gasteiger partial charge in [-0.15, -0.1) is 0 Å². The van der Waals surface area contributed by atoms with Crippen LogP contribution in [0.1, 0.15) is 37.2 Å². The minimum atomic E-state index is -0.203. The van der Waals surface area contributed by atoms with Crippen molar-refractivity contribution in [2.45, 2.75) is 37.7 Å². The lowest BCUT2D eigenvalue weighted by Gasteiger charge is -2.27. The molecule has 0 aromatic carbocycles. The van der Waals surface area contributed by atoms with Crippen molar-refractivity contribution in [3.8, 4) is 0 Å². The van der Waals surface area contributed by atoms with E-state index in [-0.39, 0.29) is 12.0 Å². The standard InChI is InChI=1S/C11H16N2O/c12-11-7-8(5-6-13-11)9-3-1-2-4-10(9)14/h5-7,9-10,14H,1-4H2,(H2,12,13)/t9-,10?/m1/s1. The van der Waals surface area contributed by atoms with E-state index in [1.807, 2.05) is 12.1 Å². The third-order valence-electron chi connectivity index (χ3n) is 2.96. The molecule has 2 rings (SSSR count). The molecule has 1 unspecified atom stereocenters. The molecule has 0 radical (unpaired) electrons. The molecule has 0 aliphatic heterocycles. The Balaban J connectivity index is 2.20. The molecule has 1 aromatic heterocycles. The summed E-state index contributed by atoms with van der Waals surface area (Å²) >= 11 is 0. The van der Waals surface area contributed by atoms with Crippen molar-refractivity contribution in [3.05, 3.63) is 23.9 Å². The number of anilines is 1. The van der Waals surface area contributed by atoms with Gasteiger partial charge < -0.3 is 10.8 Å². The van der Waals surface area contributed by atoms with Crippen LogP contribution in [0.15, 0.2) is 18.3 Å². The highest BCUT2D eigenvalue weighted by molar-refractivity contribution is 5.34. The highest BCUT2D eigenvalue weighted by Gasteiger charge is 2.24. The molecule has 1 aliphatic carbocycles. The monoisotopic (exact) mass is 192 g/mol. The van der Waals surface area contributed by atoms with Crippen LogP contribution >= 0.6 is 0 Å². The van der Waals surface area contributed by atoms with Crippen LogP contribution in [0.25, 0.3) is 0 Å². The molecule has 0 spiro atoms. The van der Waals surface area contributed by atoms with Crippen LogP contribution in [0.4, 0.5) is 5.82 Å². The Morgan fingerprint density at radius 1 is 1.36 bits per heavy atom. The van der Waals surface area contributed by atoms with Crippen molar-refractivity contribution >= 4 is 5.82 Å². The quantitative estimate of drug-likeness (QED) is 0.711. The summed E-state index contributed by atoms with van der Waals surface area (Å²) < 4.78 is 0. The van der Waals surface area contributed by atoms with Gasteiger partial charge in [0.15, 0.2) is 0 Å². The number of aliphatic hydroxyl groups is 1. The molecular formula is C11H16N2O. The maximum Gasteiger partial charge on any atom is 0.123 e. The number of pyridine rings is 1. The van der Waals surface area contributed by atoms with E-state index in [2.05, 4.69) is 4.98 Å². The third kappa shape index (κ3) is 1.87. The van der Waals surface area contributed by atoms with Gasteiger partial charge in [-0.3, -0.25) is 0 Å². The van der Waals surface area contributed by atoms with Gasteiger partial charge in [0.2, 0.25) is 0 Å². The van der Waals surface area contributed by atoms with Gasteiger partial charge >= 0.3 is 0 Å². The predicted molar refractivity (Wildman–Crippen MR) is 55.9 cm³/mol. The molecule has 0 amide bonds. The summed E-state index contributed by atoms with van der Waals surface area (Å²) in [4.78, 5) is 3.96. The topological polar surface area (TPSA) is 59.1 Å². The van der Waals surface area contributed by atoms with Crippen molar-refractivity contribution < 1.29 is 5.11 Å². The van der Waals surface area contributed by atoms with E-state index in [4.69, 9.17) is 5.73 Å². The number of nitrogens with zero attached hydrogens (tertiary/aromatic N) is 1. The molecule has 76 valence electrons. The fourth-order valence-electron chi connectivity index (χ4n) is 2.20. The maximum absolute atomic E-state index is 9.85.